The van der Waals surface area contributed by atoms with Crippen molar-refractivity contribution in [2.75, 3.05) is 6.54 Å². The van der Waals surface area contributed by atoms with Crippen molar-refractivity contribution in [1.29, 1.82) is 0 Å². The molecule has 0 saturated heterocycles. The van der Waals surface area contributed by atoms with Crippen LogP contribution in [0.2, 0.25) is 0 Å². The molecule has 1 aliphatic carbocycles. The Morgan fingerprint density at radius 1 is 1.43 bits per heavy atom. The van der Waals surface area contributed by atoms with Crippen LogP contribution in [0.15, 0.2) is 12.3 Å². The number of aromatic nitrogens is 2. The number of carboxylic acid groups (broad SMARTS) is 1. The van der Waals surface area contributed by atoms with Gasteiger partial charge in [0.05, 0.1) is 11.8 Å². The summed E-state index contributed by atoms with van der Waals surface area (Å²) in [5, 5.41) is 16.2. The average Bonchev–Trinajstić information content (AvgIpc) is 3.05. The van der Waals surface area contributed by atoms with Crippen LogP contribution < -0.4 is 5.32 Å². The maximum Gasteiger partial charge on any atom is 0.307 e. The van der Waals surface area contributed by atoms with Gasteiger partial charge in [-0.15, -0.1) is 0 Å². The molecule has 3 unspecified atom stereocenters. The third-order valence-electron chi connectivity index (χ3n) is 4.49. The van der Waals surface area contributed by atoms with Crippen LogP contribution in [0.5, 0.6) is 0 Å². The van der Waals surface area contributed by atoms with Crippen molar-refractivity contribution in [2.24, 2.45) is 24.8 Å². The molecule has 0 aliphatic heterocycles. The van der Waals surface area contributed by atoms with Crippen LogP contribution in [-0.4, -0.2) is 33.3 Å². The SMILES string of the molecule is CCC1CC(C(=O)O)C(C(=O)NCCc2ccnn2C)C1. The van der Waals surface area contributed by atoms with Crippen LogP contribution in [0.4, 0.5) is 0 Å². The summed E-state index contributed by atoms with van der Waals surface area (Å²) in [6, 6.07) is 1.91. The van der Waals surface area contributed by atoms with E-state index in [2.05, 4.69) is 10.4 Å². The van der Waals surface area contributed by atoms with Crippen molar-refractivity contribution >= 4 is 11.9 Å². The number of aliphatic carboxylic acids is 1. The Morgan fingerprint density at radius 2 is 2.14 bits per heavy atom. The number of nitrogens with one attached hydrogen (secondary N) is 1. The first-order valence-electron chi connectivity index (χ1n) is 7.50. The Balaban J connectivity index is 1.87. The van der Waals surface area contributed by atoms with Gasteiger partial charge in [0, 0.05) is 31.9 Å². The van der Waals surface area contributed by atoms with Gasteiger partial charge in [-0.2, -0.15) is 5.10 Å². The number of rotatable bonds is 6. The van der Waals surface area contributed by atoms with Gasteiger partial charge in [0.1, 0.15) is 0 Å². The van der Waals surface area contributed by atoms with Crippen LogP contribution in [0.25, 0.3) is 0 Å². The Labute approximate surface area is 124 Å². The monoisotopic (exact) mass is 293 g/mol. The van der Waals surface area contributed by atoms with Crippen molar-refractivity contribution < 1.29 is 14.7 Å². The molecule has 0 spiro atoms. The fourth-order valence-electron chi connectivity index (χ4n) is 3.13. The van der Waals surface area contributed by atoms with Crippen LogP contribution in [-0.2, 0) is 23.1 Å². The number of hydrogen-bond donors (Lipinski definition) is 2. The van der Waals surface area contributed by atoms with Gasteiger partial charge in [0.2, 0.25) is 5.91 Å². The molecule has 3 atom stereocenters. The number of hydrogen-bond acceptors (Lipinski definition) is 3. The summed E-state index contributed by atoms with van der Waals surface area (Å²) in [7, 11) is 1.86. The van der Waals surface area contributed by atoms with Gasteiger partial charge in [-0.1, -0.05) is 13.3 Å². The molecule has 1 aromatic rings. The summed E-state index contributed by atoms with van der Waals surface area (Å²) in [6.07, 6.45) is 4.66. The maximum absolute atomic E-state index is 12.2. The number of carbonyl (C=O) groups is 2. The fourth-order valence-corrected chi connectivity index (χ4v) is 3.13. The molecule has 0 bridgehead atoms. The number of amides is 1. The molecule has 0 aromatic carbocycles. The smallest absolute Gasteiger partial charge is 0.307 e. The van der Waals surface area contributed by atoms with E-state index in [0.29, 0.717) is 31.7 Å². The van der Waals surface area contributed by atoms with E-state index in [-0.39, 0.29) is 11.8 Å². The zero-order chi connectivity index (χ0) is 15.4. The fraction of sp³-hybridized carbons (Fsp3) is 0.667. The van der Waals surface area contributed by atoms with E-state index in [9.17, 15) is 14.7 Å². The minimum absolute atomic E-state index is 0.125. The van der Waals surface area contributed by atoms with Crippen LogP contribution in [0.3, 0.4) is 0 Å². The summed E-state index contributed by atoms with van der Waals surface area (Å²) in [6.45, 7) is 2.56. The molecule has 0 radical (unpaired) electrons. The van der Waals surface area contributed by atoms with Gasteiger partial charge in [-0.3, -0.25) is 14.3 Å². The van der Waals surface area contributed by atoms with E-state index in [1.54, 1.807) is 10.9 Å². The highest BCUT2D eigenvalue weighted by molar-refractivity contribution is 5.85. The number of aryl methyl sites for hydroxylation is 1. The average molecular weight is 293 g/mol. The molecule has 6 nitrogen and oxygen atoms in total. The normalized spacial score (nSPS) is 25.0. The van der Waals surface area contributed by atoms with Crippen molar-refractivity contribution in [3.8, 4) is 0 Å². The summed E-state index contributed by atoms with van der Waals surface area (Å²) < 4.78 is 1.77. The molecule has 21 heavy (non-hydrogen) atoms. The van der Waals surface area contributed by atoms with Crippen LogP contribution in [0.1, 0.15) is 31.9 Å². The summed E-state index contributed by atoms with van der Waals surface area (Å²) in [4.78, 5) is 23.5. The summed E-state index contributed by atoms with van der Waals surface area (Å²) >= 11 is 0. The molecule has 2 rings (SSSR count). The van der Waals surface area contributed by atoms with Crippen LogP contribution in [0, 0.1) is 17.8 Å². The molecular formula is C15H23N3O3. The lowest BCUT2D eigenvalue weighted by atomic mass is 9.95. The lowest BCUT2D eigenvalue weighted by Gasteiger charge is -2.15. The highest BCUT2D eigenvalue weighted by Gasteiger charge is 2.41. The summed E-state index contributed by atoms with van der Waals surface area (Å²) in [5.41, 5.74) is 1.04. The predicted octanol–water partition coefficient (Wildman–Crippen LogP) is 1.22. The van der Waals surface area contributed by atoms with E-state index in [0.717, 1.165) is 12.1 Å². The van der Waals surface area contributed by atoms with Crippen molar-refractivity contribution in [2.45, 2.75) is 32.6 Å². The lowest BCUT2D eigenvalue weighted by Crippen LogP contribution is -2.36. The molecule has 1 amide bonds. The zero-order valence-corrected chi connectivity index (χ0v) is 12.6. The Bertz CT molecular complexity index is 512. The Morgan fingerprint density at radius 3 is 2.71 bits per heavy atom. The van der Waals surface area contributed by atoms with E-state index < -0.39 is 11.9 Å². The minimum Gasteiger partial charge on any atom is -0.481 e. The van der Waals surface area contributed by atoms with E-state index in [4.69, 9.17) is 0 Å². The highest BCUT2D eigenvalue weighted by atomic mass is 16.4. The van der Waals surface area contributed by atoms with Crippen LogP contribution >= 0.6 is 0 Å². The third kappa shape index (κ3) is 3.62. The van der Waals surface area contributed by atoms with Gasteiger partial charge >= 0.3 is 5.97 Å². The van der Waals surface area contributed by atoms with Crippen molar-refractivity contribution in [1.82, 2.24) is 15.1 Å². The Kier molecular flexibility index (Phi) is 4.98. The van der Waals surface area contributed by atoms with E-state index in [1.807, 2.05) is 20.0 Å². The van der Waals surface area contributed by atoms with E-state index in [1.165, 1.54) is 0 Å². The number of nitrogens with zero attached hydrogens (tertiary/aromatic N) is 2. The molecule has 1 saturated carbocycles. The molecule has 1 aromatic heterocycles. The van der Waals surface area contributed by atoms with Gasteiger partial charge in [-0.05, 0) is 24.8 Å². The third-order valence-corrected chi connectivity index (χ3v) is 4.49. The quantitative estimate of drug-likeness (QED) is 0.826. The standard InChI is InChI=1S/C15H23N3O3/c1-3-10-8-12(13(9-10)15(20)21)14(19)16-6-4-11-5-7-17-18(11)2/h5,7,10,12-13H,3-4,6,8-9H2,1-2H3,(H,16,19)(H,20,21). The first-order chi connectivity index (χ1) is 10.0. The summed E-state index contributed by atoms with van der Waals surface area (Å²) in [5.74, 6) is -1.55. The molecule has 116 valence electrons. The number of carboxylic acids is 1. The largest absolute Gasteiger partial charge is 0.481 e. The van der Waals surface area contributed by atoms with Crippen molar-refractivity contribution in [3.05, 3.63) is 18.0 Å². The molecular weight excluding hydrogens is 270 g/mol. The lowest BCUT2D eigenvalue weighted by molar-refractivity contribution is -0.146. The molecule has 1 aliphatic rings. The first-order valence-corrected chi connectivity index (χ1v) is 7.50. The van der Waals surface area contributed by atoms with Gasteiger partial charge < -0.3 is 10.4 Å². The highest BCUT2D eigenvalue weighted by Crippen LogP contribution is 2.38. The Hall–Kier alpha value is -1.85. The van der Waals surface area contributed by atoms with Gasteiger partial charge in [0.25, 0.3) is 0 Å². The second kappa shape index (κ2) is 6.74. The number of carbonyl (C=O) groups excluding carboxylic acids is 1. The second-order valence-corrected chi connectivity index (χ2v) is 5.78. The van der Waals surface area contributed by atoms with Gasteiger partial charge in [0.15, 0.2) is 0 Å². The molecule has 1 heterocycles. The molecule has 1 fully saturated rings. The maximum atomic E-state index is 12.2. The van der Waals surface area contributed by atoms with Gasteiger partial charge in [-0.25, -0.2) is 0 Å². The van der Waals surface area contributed by atoms with E-state index >= 15 is 0 Å². The topological polar surface area (TPSA) is 84.2 Å². The second-order valence-electron chi connectivity index (χ2n) is 5.78. The first kappa shape index (κ1) is 15.5. The molecule has 2 N–H and O–H groups in total. The van der Waals surface area contributed by atoms with Crippen molar-refractivity contribution in [3.63, 3.8) is 0 Å². The predicted molar refractivity (Wildman–Crippen MR) is 77.6 cm³/mol. The zero-order valence-electron chi connectivity index (χ0n) is 12.6. The minimum atomic E-state index is -0.849. The molecule has 6 heteroatoms.